The number of carboxylic acids is 1. The fraction of sp³-hybridized carbons (Fsp3) is 0.833. The number of likely N-dealkylation sites (tertiary alicyclic amines) is 1. The van der Waals surface area contributed by atoms with E-state index in [4.69, 9.17) is 0 Å². The Morgan fingerprint density at radius 1 is 1.16 bits per heavy atom. The van der Waals surface area contributed by atoms with Gasteiger partial charge in [0, 0.05) is 32.7 Å². The third kappa shape index (κ3) is 2.82. The molecule has 0 spiro atoms. The highest BCUT2D eigenvalue weighted by molar-refractivity contribution is 5.86. The highest BCUT2D eigenvalue weighted by Crippen LogP contribution is 2.29. The summed E-state index contributed by atoms with van der Waals surface area (Å²) in [7, 11) is 2.04. The number of nitrogens with one attached hydrogen (secondary N) is 1. The van der Waals surface area contributed by atoms with E-state index in [1.54, 1.807) is 6.92 Å². The van der Waals surface area contributed by atoms with Crippen molar-refractivity contribution in [1.82, 2.24) is 20.2 Å². The molecule has 2 fully saturated rings. The second-order valence-corrected chi connectivity index (χ2v) is 5.54. The molecule has 0 radical (unpaired) electrons. The lowest BCUT2D eigenvalue weighted by atomic mass is 10.00. The summed E-state index contributed by atoms with van der Waals surface area (Å²) >= 11 is 0. The molecule has 1 unspecified atom stereocenters. The molecule has 2 heterocycles. The molecule has 108 valence electrons. The predicted molar refractivity (Wildman–Crippen MR) is 69.6 cm³/mol. The molecule has 2 N–H and O–H groups in total. The standard InChI is InChI=1S/C12H22N4O3/c1-12(10(17)18)4-3-5-16(12)11(19)13-15-8-6-14(2)7-9-15/h3-9H2,1-2H3,(H,13,19)(H,17,18). The van der Waals surface area contributed by atoms with Crippen LogP contribution in [0.1, 0.15) is 19.8 Å². The van der Waals surface area contributed by atoms with E-state index in [9.17, 15) is 14.7 Å². The number of carbonyl (C=O) groups is 2. The molecule has 2 aliphatic rings. The Hall–Kier alpha value is -1.34. The molecule has 7 nitrogen and oxygen atoms in total. The van der Waals surface area contributed by atoms with E-state index in [0.717, 1.165) is 32.6 Å². The van der Waals surface area contributed by atoms with Gasteiger partial charge in [0.1, 0.15) is 5.54 Å². The van der Waals surface area contributed by atoms with Gasteiger partial charge in [0.15, 0.2) is 0 Å². The smallest absolute Gasteiger partial charge is 0.332 e. The van der Waals surface area contributed by atoms with Gasteiger partial charge in [-0.2, -0.15) is 0 Å². The third-order valence-corrected chi connectivity index (χ3v) is 4.10. The van der Waals surface area contributed by atoms with E-state index >= 15 is 0 Å². The van der Waals surface area contributed by atoms with Gasteiger partial charge >= 0.3 is 12.0 Å². The van der Waals surface area contributed by atoms with Crippen LogP contribution in [0.5, 0.6) is 0 Å². The van der Waals surface area contributed by atoms with Gasteiger partial charge in [-0.3, -0.25) is 5.43 Å². The van der Waals surface area contributed by atoms with Gasteiger partial charge < -0.3 is 14.9 Å². The molecule has 2 aliphatic heterocycles. The number of urea groups is 1. The second kappa shape index (κ2) is 5.34. The molecule has 0 aromatic rings. The first kappa shape index (κ1) is 14.1. The number of carbonyl (C=O) groups excluding carboxylic acids is 1. The van der Waals surface area contributed by atoms with Gasteiger partial charge in [-0.1, -0.05) is 0 Å². The van der Waals surface area contributed by atoms with E-state index in [0.29, 0.717) is 13.0 Å². The number of rotatable bonds is 2. The summed E-state index contributed by atoms with van der Waals surface area (Å²) in [6.07, 6.45) is 1.25. The molecule has 2 amide bonds. The maximum Gasteiger partial charge on any atom is 0.332 e. The Morgan fingerprint density at radius 2 is 1.79 bits per heavy atom. The Labute approximate surface area is 113 Å². The van der Waals surface area contributed by atoms with E-state index in [1.807, 2.05) is 12.1 Å². The Morgan fingerprint density at radius 3 is 2.37 bits per heavy atom. The fourth-order valence-corrected chi connectivity index (χ4v) is 2.63. The van der Waals surface area contributed by atoms with Crippen LogP contribution in [-0.2, 0) is 4.79 Å². The molecule has 2 rings (SSSR count). The van der Waals surface area contributed by atoms with Crippen molar-refractivity contribution >= 4 is 12.0 Å². The predicted octanol–water partition coefficient (Wildman–Crippen LogP) is -0.202. The molecule has 0 saturated carbocycles. The minimum atomic E-state index is -1.07. The van der Waals surface area contributed by atoms with Crippen molar-refractivity contribution in [2.45, 2.75) is 25.3 Å². The molecule has 0 aromatic heterocycles. The van der Waals surface area contributed by atoms with Crippen LogP contribution in [0, 0.1) is 0 Å². The van der Waals surface area contributed by atoms with E-state index in [2.05, 4.69) is 10.3 Å². The molecule has 0 aromatic carbocycles. The third-order valence-electron chi connectivity index (χ3n) is 4.10. The number of hydrazine groups is 1. The summed E-state index contributed by atoms with van der Waals surface area (Å²) in [6.45, 7) is 5.45. The van der Waals surface area contributed by atoms with Crippen LogP contribution in [0.4, 0.5) is 4.79 Å². The Bertz CT molecular complexity index is 368. The monoisotopic (exact) mass is 270 g/mol. The Kier molecular flexibility index (Phi) is 3.96. The molecule has 0 bridgehead atoms. The number of aliphatic carboxylic acids is 1. The quantitative estimate of drug-likeness (QED) is 0.726. The highest BCUT2D eigenvalue weighted by Gasteiger charge is 2.46. The molecule has 1 atom stereocenters. The summed E-state index contributed by atoms with van der Waals surface area (Å²) in [6, 6.07) is -0.299. The van der Waals surface area contributed by atoms with Crippen LogP contribution in [-0.4, -0.2) is 77.2 Å². The lowest BCUT2D eigenvalue weighted by molar-refractivity contribution is -0.147. The zero-order chi connectivity index (χ0) is 14.0. The first-order valence-corrected chi connectivity index (χ1v) is 6.68. The van der Waals surface area contributed by atoms with E-state index < -0.39 is 11.5 Å². The van der Waals surface area contributed by atoms with Crippen molar-refractivity contribution in [2.75, 3.05) is 39.8 Å². The van der Waals surface area contributed by atoms with Crippen molar-refractivity contribution < 1.29 is 14.7 Å². The van der Waals surface area contributed by atoms with Gasteiger partial charge in [0.05, 0.1) is 0 Å². The van der Waals surface area contributed by atoms with Crippen LogP contribution in [0.3, 0.4) is 0 Å². The van der Waals surface area contributed by atoms with Crippen LogP contribution < -0.4 is 5.43 Å². The van der Waals surface area contributed by atoms with Crippen LogP contribution in [0.15, 0.2) is 0 Å². The van der Waals surface area contributed by atoms with Crippen molar-refractivity contribution in [3.63, 3.8) is 0 Å². The lowest BCUT2D eigenvalue weighted by Gasteiger charge is -2.36. The number of hydrogen-bond acceptors (Lipinski definition) is 4. The Balaban J connectivity index is 1.94. The minimum Gasteiger partial charge on any atom is -0.480 e. The van der Waals surface area contributed by atoms with E-state index in [1.165, 1.54) is 4.90 Å². The van der Waals surface area contributed by atoms with Gasteiger partial charge in [0.2, 0.25) is 0 Å². The topological polar surface area (TPSA) is 76.1 Å². The van der Waals surface area contributed by atoms with Gasteiger partial charge in [0.25, 0.3) is 0 Å². The molecule has 0 aliphatic carbocycles. The highest BCUT2D eigenvalue weighted by atomic mass is 16.4. The van der Waals surface area contributed by atoms with Crippen molar-refractivity contribution in [2.24, 2.45) is 0 Å². The number of hydrogen-bond donors (Lipinski definition) is 2. The van der Waals surface area contributed by atoms with Crippen LogP contribution in [0.2, 0.25) is 0 Å². The fourth-order valence-electron chi connectivity index (χ4n) is 2.63. The van der Waals surface area contributed by atoms with Crippen LogP contribution >= 0.6 is 0 Å². The maximum absolute atomic E-state index is 12.2. The van der Waals surface area contributed by atoms with Gasteiger partial charge in [-0.15, -0.1) is 0 Å². The first-order valence-electron chi connectivity index (χ1n) is 6.68. The number of likely N-dealkylation sites (N-methyl/N-ethyl adjacent to an activating group) is 1. The summed E-state index contributed by atoms with van der Waals surface area (Å²) in [5, 5.41) is 11.2. The average molecular weight is 270 g/mol. The molecular formula is C12H22N4O3. The van der Waals surface area contributed by atoms with Gasteiger partial charge in [-0.25, -0.2) is 14.6 Å². The lowest BCUT2D eigenvalue weighted by Crippen LogP contribution is -2.59. The van der Waals surface area contributed by atoms with Crippen molar-refractivity contribution in [1.29, 1.82) is 0 Å². The molecule has 19 heavy (non-hydrogen) atoms. The largest absolute Gasteiger partial charge is 0.480 e. The van der Waals surface area contributed by atoms with Gasteiger partial charge in [-0.05, 0) is 26.8 Å². The van der Waals surface area contributed by atoms with Crippen molar-refractivity contribution in [3.05, 3.63) is 0 Å². The zero-order valence-corrected chi connectivity index (χ0v) is 11.6. The average Bonchev–Trinajstić information content (AvgIpc) is 2.76. The molecular weight excluding hydrogens is 248 g/mol. The SMILES string of the molecule is CN1CCN(NC(=O)N2CCCC2(C)C(=O)O)CC1. The number of amides is 2. The number of nitrogens with zero attached hydrogens (tertiary/aromatic N) is 3. The summed E-state index contributed by atoms with van der Waals surface area (Å²) in [5.41, 5.74) is 1.75. The zero-order valence-electron chi connectivity index (χ0n) is 11.6. The minimum absolute atomic E-state index is 0.299. The van der Waals surface area contributed by atoms with Crippen molar-refractivity contribution in [3.8, 4) is 0 Å². The maximum atomic E-state index is 12.2. The van der Waals surface area contributed by atoms with E-state index in [-0.39, 0.29) is 6.03 Å². The molecule has 2 saturated heterocycles. The normalized spacial score (nSPS) is 29.5. The summed E-state index contributed by atoms with van der Waals surface area (Å²) in [5.74, 6) is -0.932. The second-order valence-electron chi connectivity index (χ2n) is 5.54. The number of piperazine rings is 1. The number of carboxylic acid groups (broad SMARTS) is 1. The first-order chi connectivity index (χ1) is 8.93. The molecule has 7 heteroatoms. The summed E-state index contributed by atoms with van der Waals surface area (Å²) < 4.78 is 0. The van der Waals surface area contributed by atoms with Crippen LogP contribution in [0.25, 0.3) is 0 Å². The summed E-state index contributed by atoms with van der Waals surface area (Å²) in [4.78, 5) is 27.2.